The molecule has 1 fully saturated rings. The van der Waals surface area contributed by atoms with Crippen LogP contribution in [0.2, 0.25) is 0 Å². The van der Waals surface area contributed by atoms with Crippen molar-refractivity contribution >= 4 is 0 Å². The van der Waals surface area contributed by atoms with E-state index in [2.05, 4.69) is 13.2 Å². The molecule has 0 aromatic heterocycles. The fourth-order valence-corrected chi connectivity index (χ4v) is 1.28. The predicted octanol–water partition coefficient (Wildman–Crippen LogP) is 2.83. The van der Waals surface area contributed by atoms with Gasteiger partial charge < -0.3 is 9.47 Å². The first-order valence-electron chi connectivity index (χ1n) is 4.95. The molecule has 0 atom stereocenters. The van der Waals surface area contributed by atoms with Gasteiger partial charge in [-0.3, -0.25) is 0 Å². The molecule has 1 aliphatic heterocycles. The Morgan fingerprint density at radius 1 is 1.29 bits per heavy atom. The molecule has 0 amide bonds. The van der Waals surface area contributed by atoms with Crippen molar-refractivity contribution in [1.29, 1.82) is 0 Å². The van der Waals surface area contributed by atoms with Crippen LogP contribution in [0.15, 0.2) is 36.6 Å². The third kappa shape index (κ3) is 4.28. The third-order valence-electron chi connectivity index (χ3n) is 2.04. The van der Waals surface area contributed by atoms with E-state index in [4.69, 9.17) is 9.47 Å². The van der Waals surface area contributed by atoms with Gasteiger partial charge in [0.2, 0.25) is 0 Å². The van der Waals surface area contributed by atoms with Gasteiger partial charge in [0.1, 0.15) is 11.9 Å². The van der Waals surface area contributed by atoms with E-state index in [1.54, 1.807) is 0 Å². The van der Waals surface area contributed by atoms with Gasteiger partial charge in [-0.1, -0.05) is 24.8 Å². The van der Waals surface area contributed by atoms with Crippen molar-refractivity contribution in [2.45, 2.75) is 25.9 Å². The largest absolute Gasteiger partial charge is 0.491 e. The highest BCUT2D eigenvalue weighted by atomic mass is 16.5. The highest BCUT2D eigenvalue weighted by Gasteiger charge is 2.14. The van der Waals surface area contributed by atoms with Gasteiger partial charge in [-0.2, -0.15) is 0 Å². The van der Waals surface area contributed by atoms with Crippen LogP contribution in [-0.2, 0) is 9.47 Å². The molecule has 0 aromatic carbocycles. The zero-order valence-corrected chi connectivity index (χ0v) is 8.79. The summed E-state index contributed by atoms with van der Waals surface area (Å²) >= 11 is 0. The van der Waals surface area contributed by atoms with E-state index >= 15 is 0 Å². The molecule has 0 saturated carbocycles. The van der Waals surface area contributed by atoms with Crippen LogP contribution in [0, 0.1) is 0 Å². The Bertz CT molecular complexity index is 235. The minimum Gasteiger partial charge on any atom is -0.491 e. The van der Waals surface area contributed by atoms with Crippen molar-refractivity contribution in [2.24, 2.45) is 0 Å². The van der Waals surface area contributed by atoms with E-state index in [1.165, 1.54) is 0 Å². The topological polar surface area (TPSA) is 18.5 Å². The molecular weight excluding hydrogens is 176 g/mol. The molecule has 2 nitrogen and oxygen atoms in total. The van der Waals surface area contributed by atoms with Gasteiger partial charge in [-0.25, -0.2) is 0 Å². The molecule has 1 rings (SSSR count). The zero-order valence-electron chi connectivity index (χ0n) is 8.79. The van der Waals surface area contributed by atoms with Gasteiger partial charge >= 0.3 is 0 Å². The normalized spacial score (nSPS) is 18.4. The molecule has 1 heterocycles. The number of hydrogen-bond donors (Lipinski definition) is 0. The lowest BCUT2D eigenvalue weighted by Crippen LogP contribution is -2.22. The van der Waals surface area contributed by atoms with Gasteiger partial charge in [-0.05, 0) is 13.0 Å². The van der Waals surface area contributed by atoms with Crippen LogP contribution in [0.3, 0.4) is 0 Å². The SMILES string of the molecule is C=C(C)/C=C\C(=C)OC1CCOCC1. The summed E-state index contributed by atoms with van der Waals surface area (Å²) < 4.78 is 10.9. The third-order valence-corrected chi connectivity index (χ3v) is 2.04. The maximum atomic E-state index is 5.64. The molecule has 0 bridgehead atoms. The molecule has 0 aromatic rings. The van der Waals surface area contributed by atoms with E-state index in [0.717, 1.165) is 31.6 Å². The van der Waals surface area contributed by atoms with Crippen LogP contribution in [0.25, 0.3) is 0 Å². The van der Waals surface area contributed by atoms with Crippen molar-refractivity contribution in [3.05, 3.63) is 36.6 Å². The lowest BCUT2D eigenvalue weighted by Gasteiger charge is -2.23. The van der Waals surface area contributed by atoms with Crippen LogP contribution in [0.5, 0.6) is 0 Å². The predicted molar refractivity (Wildman–Crippen MR) is 58.0 cm³/mol. The first-order valence-corrected chi connectivity index (χ1v) is 4.95. The number of hydrogen-bond acceptors (Lipinski definition) is 2. The minimum absolute atomic E-state index is 0.269. The van der Waals surface area contributed by atoms with Crippen molar-refractivity contribution in [3.63, 3.8) is 0 Å². The second-order valence-corrected chi connectivity index (χ2v) is 3.58. The summed E-state index contributed by atoms with van der Waals surface area (Å²) in [6.07, 6.45) is 5.95. The Balaban J connectivity index is 2.28. The van der Waals surface area contributed by atoms with Gasteiger partial charge in [-0.15, -0.1) is 0 Å². The van der Waals surface area contributed by atoms with E-state index in [9.17, 15) is 0 Å². The molecule has 14 heavy (non-hydrogen) atoms. The average molecular weight is 194 g/mol. The Labute approximate surface area is 85.9 Å². The maximum Gasteiger partial charge on any atom is 0.112 e. The number of allylic oxidation sites excluding steroid dienone is 3. The monoisotopic (exact) mass is 194 g/mol. The fourth-order valence-electron chi connectivity index (χ4n) is 1.28. The Morgan fingerprint density at radius 3 is 2.50 bits per heavy atom. The summed E-state index contributed by atoms with van der Waals surface area (Å²) in [5.41, 5.74) is 1.00. The van der Waals surface area contributed by atoms with Crippen LogP contribution >= 0.6 is 0 Å². The van der Waals surface area contributed by atoms with Gasteiger partial charge in [0.25, 0.3) is 0 Å². The quantitative estimate of drug-likeness (QED) is 0.506. The summed E-state index contributed by atoms with van der Waals surface area (Å²) in [6, 6.07) is 0. The van der Waals surface area contributed by atoms with E-state index in [0.29, 0.717) is 5.76 Å². The standard InChI is InChI=1S/C12H18O2/c1-10(2)4-5-11(3)14-12-6-8-13-9-7-12/h4-5,12H,1,3,6-9H2,2H3/b5-4-. The fraction of sp³-hybridized carbons (Fsp3) is 0.500. The van der Waals surface area contributed by atoms with Crippen LogP contribution in [-0.4, -0.2) is 19.3 Å². The van der Waals surface area contributed by atoms with Crippen LogP contribution < -0.4 is 0 Å². The number of ether oxygens (including phenoxy) is 2. The average Bonchev–Trinajstić information content (AvgIpc) is 2.16. The second-order valence-electron chi connectivity index (χ2n) is 3.58. The minimum atomic E-state index is 0.269. The van der Waals surface area contributed by atoms with E-state index in [1.807, 2.05) is 19.1 Å². The Morgan fingerprint density at radius 2 is 1.93 bits per heavy atom. The summed E-state index contributed by atoms with van der Waals surface area (Å²) in [5, 5.41) is 0. The van der Waals surface area contributed by atoms with Gasteiger partial charge in [0, 0.05) is 12.8 Å². The molecular formula is C12H18O2. The van der Waals surface area contributed by atoms with E-state index in [-0.39, 0.29) is 6.10 Å². The van der Waals surface area contributed by atoms with Crippen LogP contribution in [0.1, 0.15) is 19.8 Å². The summed E-state index contributed by atoms with van der Waals surface area (Å²) in [4.78, 5) is 0. The molecule has 78 valence electrons. The van der Waals surface area contributed by atoms with E-state index < -0.39 is 0 Å². The Hall–Kier alpha value is -1.02. The number of rotatable bonds is 4. The van der Waals surface area contributed by atoms with Gasteiger partial charge in [0.15, 0.2) is 0 Å². The molecule has 0 spiro atoms. The lowest BCUT2D eigenvalue weighted by molar-refractivity contribution is -0.000306. The highest BCUT2D eigenvalue weighted by Crippen LogP contribution is 2.14. The van der Waals surface area contributed by atoms with Crippen molar-refractivity contribution in [2.75, 3.05) is 13.2 Å². The zero-order chi connectivity index (χ0) is 10.4. The molecule has 0 N–H and O–H groups in total. The van der Waals surface area contributed by atoms with Crippen molar-refractivity contribution in [3.8, 4) is 0 Å². The summed E-state index contributed by atoms with van der Waals surface area (Å²) in [6.45, 7) is 11.1. The van der Waals surface area contributed by atoms with Gasteiger partial charge in [0.05, 0.1) is 13.2 Å². The first-order chi connectivity index (χ1) is 6.68. The van der Waals surface area contributed by atoms with Crippen LogP contribution in [0.4, 0.5) is 0 Å². The Kier molecular flexibility index (Phi) is 4.47. The molecule has 2 heteroatoms. The molecule has 0 unspecified atom stereocenters. The molecule has 1 saturated heterocycles. The smallest absolute Gasteiger partial charge is 0.112 e. The second kappa shape index (κ2) is 5.66. The molecule has 0 aliphatic carbocycles. The van der Waals surface area contributed by atoms with Crippen molar-refractivity contribution in [1.82, 2.24) is 0 Å². The maximum absolute atomic E-state index is 5.64. The summed E-state index contributed by atoms with van der Waals surface area (Å²) in [7, 11) is 0. The highest BCUT2D eigenvalue weighted by molar-refractivity contribution is 5.19. The van der Waals surface area contributed by atoms with Crippen molar-refractivity contribution < 1.29 is 9.47 Å². The molecule has 1 aliphatic rings. The first kappa shape index (κ1) is 11.1. The lowest BCUT2D eigenvalue weighted by atomic mass is 10.1. The molecule has 0 radical (unpaired) electrons. The summed E-state index contributed by atoms with van der Waals surface area (Å²) in [5.74, 6) is 0.708.